The zero-order chi connectivity index (χ0) is 20.1. The Morgan fingerprint density at radius 1 is 0.931 bits per heavy atom. The third kappa shape index (κ3) is 4.00. The first-order valence-electron chi connectivity index (χ1n) is 9.06. The van der Waals surface area contributed by atoms with Crippen molar-refractivity contribution in [3.8, 4) is 28.9 Å². The van der Waals surface area contributed by atoms with Crippen LogP contribution in [0, 0.1) is 11.3 Å². The highest BCUT2D eigenvalue weighted by Gasteiger charge is 2.16. The van der Waals surface area contributed by atoms with E-state index in [0.29, 0.717) is 11.3 Å². The zero-order valence-corrected chi connectivity index (χ0v) is 16.6. The van der Waals surface area contributed by atoms with Crippen LogP contribution in [0.2, 0.25) is 0 Å². The second-order valence-corrected chi connectivity index (χ2v) is 7.21. The predicted molar refractivity (Wildman–Crippen MR) is 114 cm³/mol. The molecule has 0 bridgehead atoms. The summed E-state index contributed by atoms with van der Waals surface area (Å²) >= 11 is 1.56. The Hall–Kier alpha value is -3.56. The fraction of sp³-hybridized carbons (Fsp3) is 0.0870. The van der Waals surface area contributed by atoms with Crippen molar-refractivity contribution in [2.24, 2.45) is 0 Å². The molecule has 0 saturated carbocycles. The molecule has 0 aliphatic rings. The van der Waals surface area contributed by atoms with E-state index < -0.39 is 0 Å². The maximum absolute atomic E-state index is 9.34. The molecule has 6 heteroatoms. The zero-order valence-electron chi connectivity index (χ0n) is 15.8. The van der Waals surface area contributed by atoms with Gasteiger partial charge in [-0.2, -0.15) is 5.26 Å². The van der Waals surface area contributed by atoms with E-state index in [-0.39, 0.29) is 0 Å². The summed E-state index contributed by atoms with van der Waals surface area (Å²) in [5.41, 5.74) is 3.60. The van der Waals surface area contributed by atoms with Gasteiger partial charge in [-0.05, 0) is 48.0 Å². The van der Waals surface area contributed by atoms with Crippen LogP contribution in [0.25, 0.3) is 17.1 Å². The lowest BCUT2D eigenvalue weighted by atomic mass is 10.1. The normalized spacial score (nSPS) is 10.5. The predicted octanol–water partition coefficient (Wildman–Crippen LogP) is 5.11. The number of ether oxygens (including phenoxy) is 1. The summed E-state index contributed by atoms with van der Waals surface area (Å²) < 4.78 is 7.30. The van der Waals surface area contributed by atoms with Crippen molar-refractivity contribution in [3.63, 3.8) is 0 Å². The molecule has 0 saturated heterocycles. The van der Waals surface area contributed by atoms with Crippen molar-refractivity contribution in [2.45, 2.75) is 10.9 Å². The van der Waals surface area contributed by atoms with E-state index in [2.05, 4.69) is 16.3 Å². The van der Waals surface area contributed by atoms with Gasteiger partial charge in [0.1, 0.15) is 5.75 Å². The van der Waals surface area contributed by atoms with Crippen molar-refractivity contribution in [1.29, 1.82) is 5.26 Å². The molecule has 4 aromatic rings. The molecular weight excluding hydrogens is 380 g/mol. The third-order valence-electron chi connectivity index (χ3n) is 4.49. The van der Waals surface area contributed by atoms with Gasteiger partial charge in [0.15, 0.2) is 11.0 Å². The van der Waals surface area contributed by atoms with Crippen molar-refractivity contribution in [2.75, 3.05) is 7.11 Å². The number of rotatable bonds is 6. The molecule has 29 heavy (non-hydrogen) atoms. The number of hydrogen-bond donors (Lipinski definition) is 0. The molecule has 0 aliphatic heterocycles. The lowest BCUT2D eigenvalue weighted by molar-refractivity contribution is 0.415. The molecule has 5 nitrogen and oxygen atoms in total. The maximum Gasteiger partial charge on any atom is 0.196 e. The van der Waals surface area contributed by atoms with E-state index >= 15 is 0 Å². The maximum atomic E-state index is 9.34. The molecule has 0 radical (unpaired) electrons. The van der Waals surface area contributed by atoms with Crippen molar-refractivity contribution in [3.05, 3.63) is 90.0 Å². The minimum atomic E-state index is 0.636. The molecule has 3 aromatic carbocycles. The largest absolute Gasteiger partial charge is 0.497 e. The summed E-state index contributed by atoms with van der Waals surface area (Å²) in [6, 6.07) is 27.7. The molecule has 1 heterocycles. The van der Waals surface area contributed by atoms with Crippen LogP contribution in [0.15, 0.2) is 84.0 Å². The Kier molecular flexibility index (Phi) is 5.59. The highest BCUT2D eigenvalue weighted by molar-refractivity contribution is 7.98. The van der Waals surface area contributed by atoms with Crippen LogP contribution >= 0.6 is 11.8 Å². The SMILES string of the molecule is COc1ccc(-c2nnc(SCc3ccccc3C#N)n2-c2ccccc2)cc1. The van der Waals surface area contributed by atoms with Crippen molar-refractivity contribution in [1.82, 2.24) is 14.8 Å². The van der Waals surface area contributed by atoms with Crippen molar-refractivity contribution >= 4 is 11.8 Å². The molecule has 1 aromatic heterocycles. The molecule has 0 fully saturated rings. The third-order valence-corrected chi connectivity index (χ3v) is 5.47. The second kappa shape index (κ2) is 8.63. The number of benzene rings is 3. The minimum absolute atomic E-state index is 0.636. The van der Waals surface area contributed by atoms with Crippen LogP contribution < -0.4 is 4.74 Å². The first-order valence-corrected chi connectivity index (χ1v) is 10.0. The van der Waals surface area contributed by atoms with Gasteiger partial charge in [-0.25, -0.2) is 0 Å². The molecule has 4 rings (SSSR count). The second-order valence-electron chi connectivity index (χ2n) is 6.26. The Labute approximate surface area is 173 Å². The van der Waals surface area contributed by atoms with E-state index in [1.54, 1.807) is 18.9 Å². The number of aromatic nitrogens is 3. The average Bonchev–Trinajstić information content (AvgIpc) is 3.22. The highest BCUT2D eigenvalue weighted by atomic mass is 32.2. The highest BCUT2D eigenvalue weighted by Crippen LogP contribution is 2.31. The van der Waals surface area contributed by atoms with E-state index in [4.69, 9.17) is 4.74 Å². The summed E-state index contributed by atoms with van der Waals surface area (Å²) in [5, 5.41) is 19.0. The Balaban J connectivity index is 1.72. The Bertz CT molecular complexity index is 1150. The van der Waals surface area contributed by atoms with Gasteiger partial charge in [-0.1, -0.05) is 48.2 Å². The van der Waals surface area contributed by atoms with Gasteiger partial charge >= 0.3 is 0 Å². The molecule has 0 spiro atoms. The van der Waals surface area contributed by atoms with E-state index in [1.165, 1.54) is 0 Å². The standard InChI is InChI=1S/C23H18N4OS/c1-28-21-13-11-17(12-14-21)22-25-26-23(27(22)20-9-3-2-4-10-20)29-16-19-8-6-5-7-18(19)15-24/h2-14H,16H2,1H3. The van der Waals surface area contributed by atoms with E-state index in [0.717, 1.165) is 33.5 Å². The van der Waals surface area contributed by atoms with Gasteiger partial charge in [-0.3, -0.25) is 4.57 Å². The first-order chi connectivity index (χ1) is 14.3. The fourth-order valence-corrected chi connectivity index (χ4v) is 3.95. The summed E-state index contributed by atoms with van der Waals surface area (Å²) in [4.78, 5) is 0. The smallest absolute Gasteiger partial charge is 0.196 e. The molecule has 0 N–H and O–H groups in total. The summed E-state index contributed by atoms with van der Waals surface area (Å²) in [6.07, 6.45) is 0. The number of para-hydroxylation sites is 1. The van der Waals surface area contributed by atoms with Crippen LogP contribution in [-0.4, -0.2) is 21.9 Å². The van der Waals surface area contributed by atoms with Crippen LogP contribution in [-0.2, 0) is 5.75 Å². The summed E-state index contributed by atoms with van der Waals surface area (Å²) in [6.45, 7) is 0. The van der Waals surface area contributed by atoms with Crippen LogP contribution in [0.3, 0.4) is 0 Å². The Morgan fingerprint density at radius 2 is 1.66 bits per heavy atom. The number of thioether (sulfide) groups is 1. The minimum Gasteiger partial charge on any atom is -0.497 e. The quantitative estimate of drug-likeness (QED) is 0.423. The van der Waals surface area contributed by atoms with E-state index in [1.807, 2.05) is 83.4 Å². The summed E-state index contributed by atoms with van der Waals surface area (Å²) in [7, 11) is 1.65. The average molecular weight is 398 g/mol. The molecule has 0 unspecified atom stereocenters. The molecule has 0 aliphatic carbocycles. The molecule has 0 amide bonds. The molecule has 0 atom stereocenters. The monoisotopic (exact) mass is 398 g/mol. The van der Waals surface area contributed by atoms with Gasteiger partial charge in [-0.15, -0.1) is 10.2 Å². The fourth-order valence-electron chi connectivity index (χ4n) is 3.00. The van der Waals surface area contributed by atoms with Crippen LogP contribution in [0.5, 0.6) is 5.75 Å². The first kappa shape index (κ1) is 18.8. The number of nitriles is 1. The topological polar surface area (TPSA) is 63.7 Å². The van der Waals surface area contributed by atoms with Gasteiger partial charge in [0.05, 0.1) is 18.7 Å². The van der Waals surface area contributed by atoms with Gasteiger partial charge in [0, 0.05) is 17.0 Å². The van der Waals surface area contributed by atoms with Crippen LogP contribution in [0.4, 0.5) is 0 Å². The van der Waals surface area contributed by atoms with Crippen molar-refractivity contribution < 1.29 is 4.74 Å². The van der Waals surface area contributed by atoms with Gasteiger partial charge in [0.2, 0.25) is 0 Å². The molecule has 142 valence electrons. The van der Waals surface area contributed by atoms with Crippen LogP contribution in [0.1, 0.15) is 11.1 Å². The van der Waals surface area contributed by atoms with Gasteiger partial charge < -0.3 is 4.74 Å². The number of methoxy groups -OCH3 is 1. The lowest BCUT2D eigenvalue weighted by Gasteiger charge is -2.11. The Morgan fingerprint density at radius 3 is 2.38 bits per heavy atom. The lowest BCUT2D eigenvalue weighted by Crippen LogP contribution is -2.00. The summed E-state index contributed by atoms with van der Waals surface area (Å²) in [5.74, 6) is 2.19. The number of hydrogen-bond acceptors (Lipinski definition) is 5. The molecular formula is C23H18N4OS. The van der Waals surface area contributed by atoms with Gasteiger partial charge in [0.25, 0.3) is 0 Å². The van der Waals surface area contributed by atoms with E-state index in [9.17, 15) is 5.26 Å². The number of nitrogens with zero attached hydrogens (tertiary/aromatic N) is 4.